The third-order valence-electron chi connectivity index (χ3n) is 6.57. The van der Waals surface area contributed by atoms with E-state index in [1.807, 2.05) is 6.07 Å². The number of nitrogens with zero attached hydrogens (tertiary/aromatic N) is 2. The highest BCUT2D eigenvalue weighted by molar-refractivity contribution is 7.77. The van der Waals surface area contributed by atoms with Crippen LogP contribution in [-0.4, -0.2) is 56.1 Å². The van der Waals surface area contributed by atoms with Crippen molar-refractivity contribution in [2.75, 3.05) is 32.8 Å². The highest BCUT2D eigenvalue weighted by Gasteiger charge is 2.25. The first-order valence-corrected chi connectivity index (χ1v) is 13.0. The molecule has 0 amide bonds. The van der Waals surface area contributed by atoms with Crippen LogP contribution in [0.25, 0.3) is 22.0 Å². The second-order valence-electron chi connectivity index (χ2n) is 8.92. The van der Waals surface area contributed by atoms with Crippen LogP contribution in [0.15, 0.2) is 59.7 Å². The molecule has 1 saturated heterocycles. The van der Waals surface area contributed by atoms with Gasteiger partial charge in [0.05, 0.1) is 13.2 Å². The van der Waals surface area contributed by atoms with E-state index in [0.717, 1.165) is 17.7 Å². The number of hydrogen-bond acceptors (Lipinski definition) is 5. The van der Waals surface area contributed by atoms with Crippen LogP contribution in [0.4, 0.5) is 8.78 Å². The van der Waals surface area contributed by atoms with Crippen LogP contribution in [0, 0.1) is 11.6 Å². The van der Waals surface area contributed by atoms with Gasteiger partial charge in [0.1, 0.15) is 17.1 Å². The number of ether oxygens (including phenoxy) is 2. The Hall–Kier alpha value is -3.42. The fourth-order valence-corrected chi connectivity index (χ4v) is 5.01. The van der Waals surface area contributed by atoms with Gasteiger partial charge in [0.25, 0.3) is 5.56 Å². The van der Waals surface area contributed by atoms with Gasteiger partial charge in [0, 0.05) is 67.7 Å². The Labute approximate surface area is 219 Å². The standard InChI is InChI=1S/C26H26F2N4O5S/c1-31-15-20(18-6-7-29-25(18)26(31)33)19-12-16(22(14-30-38(34)35)32-8-10-36-11-9-32)2-4-23(19)37-24-5-3-17(27)13-21(24)28/h2-7,12-13,15,22,29-30H,8-11,14H2,1H3,(H,34,35). The Bertz CT molecular complexity index is 1550. The maximum absolute atomic E-state index is 14.5. The Morgan fingerprint density at radius 2 is 1.89 bits per heavy atom. The molecule has 1 aliphatic rings. The van der Waals surface area contributed by atoms with Crippen molar-refractivity contribution in [1.29, 1.82) is 0 Å². The van der Waals surface area contributed by atoms with E-state index in [1.165, 1.54) is 10.6 Å². The predicted molar refractivity (Wildman–Crippen MR) is 139 cm³/mol. The van der Waals surface area contributed by atoms with Crippen LogP contribution in [-0.2, 0) is 23.1 Å². The summed E-state index contributed by atoms with van der Waals surface area (Å²) < 4.78 is 64.3. The van der Waals surface area contributed by atoms with Crippen molar-refractivity contribution < 1.29 is 27.0 Å². The lowest BCUT2D eigenvalue weighted by Crippen LogP contribution is -2.43. The second-order valence-corrected chi connectivity index (χ2v) is 9.71. The summed E-state index contributed by atoms with van der Waals surface area (Å²) in [6.07, 6.45) is 3.34. The van der Waals surface area contributed by atoms with Gasteiger partial charge >= 0.3 is 0 Å². The molecule has 0 bridgehead atoms. The van der Waals surface area contributed by atoms with Gasteiger partial charge in [0.15, 0.2) is 11.6 Å². The number of aryl methyl sites for hydroxylation is 1. The van der Waals surface area contributed by atoms with Gasteiger partial charge in [-0.15, -0.1) is 0 Å². The number of aromatic nitrogens is 2. The molecule has 38 heavy (non-hydrogen) atoms. The summed E-state index contributed by atoms with van der Waals surface area (Å²) in [5.41, 5.74) is 2.22. The van der Waals surface area contributed by atoms with E-state index in [1.54, 1.807) is 37.6 Å². The molecule has 12 heteroatoms. The predicted octanol–water partition coefficient (Wildman–Crippen LogP) is 3.70. The van der Waals surface area contributed by atoms with Gasteiger partial charge < -0.3 is 19.0 Å². The third-order valence-corrected chi connectivity index (χ3v) is 6.99. The fourth-order valence-electron chi connectivity index (χ4n) is 4.71. The van der Waals surface area contributed by atoms with Crippen LogP contribution in [0.2, 0.25) is 0 Å². The quantitative estimate of drug-likeness (QED) is 0.292. The molecule has 3 N–H and O–H groups in total. The zero-order valence-electron chi connectivity index (χ0n) is 20.4. The summed E-state index contributed by atoms with van der Waals surface area (Å²) >= 11 is -2.21. The van der Waals surface area contributed by atoms with Gasteiger partial charge in [0.2, 0.25) is 11.3 Å². The van der Waals surface area contributed by atoms with Crippen molar-refractivity contribution in [3.8, 4) is 22.6 Å². The molecular weight excluding hydrogens is 518 g/mol. The SMILES string of the molecule is Cn1cc(-c2cc(C(CNS(=O)O)N3CCOCC3)ccc2Oc2ccc(F)cc2F)c2cc[nH]c2c1=O. The summed E-state index contributed by atoms with van der Waals surface area (Å²) in [5, 5.41) is 0.646. The van der Waals surface area contributed by atoms with Gasteiger partial charge in [-0.1, -0.05) is 6.07 Å². The minimum atomic E-state index is -2.21. The van der Waals surface area contributed by atoms with E-state index in [4.69, 9.17) is 9.47 Å². The molecule has 1 aliphatic heterocycles. The van der Waals surface area contributed by atoms with Crippen molar-refractivity contribution in [3.05, 3.63) is 82.4 Å². The Kier molecular flexibility index (Phi) is 7.68. The Morgan fingerprint density at radius 3 is 2.63 bits per heavy atom. The van der Waals surface area contributed by atoms with Gasteiger partial charge in [-0.3, -0.25) is 14.2 Å². The molecule has 2 unspecified atom stereocenters. The maximum Gasteiger partial charge on any atom is 0.274 e. The highest BCUT2D eigenvalue weighted by atomic mass is 32.2. The lowest BCUT2D eigenvalue weighted by molar-refractivity contribution is 0.0172. The van der Waals surface area contributed by atoms with Gasteiger partial charge in [-0.25, -0.2) is 17.7 Å². The van der Waals surface area contributed by atoms with Crippen LogP contribution in [0.5, 0.6) is 11.5 Å². The number of pyridine rings is 1. The van der Waals surface area contributed by atoms with Gasteiger partial charge in [-0.2, -0.15) is 0 Å². The molecule has 0 radical (unpaired) electrons. The number of halogens is 2. The molecule has 4 aromatic rings. The van der Waals surface area contributed by atoms with Crippen molar-refractivity contribution in [3.63, 3.8) is 0 Å². The first kappa shape index (κ1) is 26.2. The fraction of sp³-hybridized carbons (Fsp3) is 0.269. The number of benzene rings is 2. The molecule has 2 aromatic carbocycles. The molecule has 9 nitrogen and oxygen atoms in total. The number of aromatic amines is 1. The Balaban J connectivity index is 1.67. The lowest BCUT2D eigenvalue weighted by atomic mass is 9.96. The molecular formula is C26H26F2N4O5S. The normalized spacial score (nSPS) is 16.0. The molecule has 0 spiro atoms. The molecule has 2 aromatic heterocycles. The Morgan fingerprint density at radius 1 is 1.13 bits per heavy atom. The molecule has 1 fully saturated rings. The van der Waals surface area contributed by atoms with Crippen molar-refractivity contribution >= 4 is 22.2 Å². The summed E-state index contributed by atoms with van der Waals surface area (Å²) in [6.45, 7) is 2.49. The molecule has 3 heterocycles. The summed E-state index contributed by atoms with van der Waals surface area (Å²) in [7, 11) is 1.63. The molecule has 2 atom stereocenters. The molecule has 0 saturated carbocycles. The van der Waals surface area contributed by atoms with E-state index in [-0.39, 0.29) is 23.9 Å². The molecule has 0 aliphatic carbocycles. The zero-order valence-corrected chi connectivity index (χ0v) is 21.3. The molecule has 200 valence electrons. The van der Waals surface area contributed by atoms with E-state index >= 15 is 0 Å². The first-order chi connectivity index (χ1) is 18.3. The van der Waals surface area contributed by atoms with Crippen LogP contribution >= 0.6 is 0 Å². The van der Waals surface area contributed by atoms with E-state index in [2.05, 4.69) is 14.6 Å². The number of hydrogen-bond donors (Lipinski definition) is 3. The van der Waals surface area contributed by atoms with Crippen LogP contribution < -0.4 is 15.0 Å². The second kappa shape index (κ2) is 11.1. The largest absolute Gasteiger partial charge is 0.454 e. The van der Waals surface area contributed by atoms with Crippen molar-refractivity contribution in [2.45, 2.75) is 6.04 Å². The number of fused-ring (bicyclic) bond motifs is 1. The third kappa shape index (κ3) is 5.40. The lowest BCUT2D eigenvalue weighted by Gasteiger charge is -2.35. The van der Waals surface area contributed by atoms with Crippen LogP contribution in [0.1, 0.15) is 11.6 Å². The summed E-state index contributed by atoms with van der Waals surface area (Å²) in [4.78, 5) is 17.8. The van der Waals surface area contributed by atoms with E-state index in [0.29, 0.717) is 54.1 Å². The van der Waals surface area contributed by atoms with Crippen molar-refractivity contribution in [2.24, 2.45) is 7.05 Å². The number of rotatable bonds is 8. The topological polar surface area (TPSA) is 109 Å². The summed E-state index contributed by atoms with van der Waals surface area (Å²) in [5.74, 6) is -1.44. The minimum Gasteiger partial charge on any atom is -0.454 e. The van der Waals surface area contributed by atoms with Crippen LogP contribution in [0.3, 0.4) is 0 Å². The monoisotopic (exact) mass is 544 g/mol. The van der Waals surface area contributed by atoms with Gasteiger partial charge in [-0.05, 0) is 35.9 Å². The zero-order chi connectivity index (χ0) is 26.8. The average molecular weight is 545 g/mol. The first-order valence-electron chi connectivity index (χ1n) is 11.9. The molecule has 5 rings (SSSR count). The smallest absolute Gasteiger partial charge is 0.274 e. The summed E-state index contributed by atoms with van der Waals surface area (Å²) in [6, 6.07) is 9.90. The van der Waals surface area contributed by atoms with E-state index < -0.39 is 22.9 Å². The number of nitrogens with one attached hydrogen (secondary N) is 2. The van der Waals surface area contributed by atoms with Crippen molar-refractivity contribution in [1.82, 2.24) is 19.2 Å². The average Bonchev–Trinajstić information content (AvgIpc) is 3.39. The number of morpholine rings is 1. The van der Waals surface area contributed by atoms with E-state index in [9.17, 15) is 22.3 Å². The number of H-pyrrole nitrogens is 1. The minimum absolute atomic E-state index is 0.155. The highest BCUT2D eigenvalue weighted by Crippen LogP contribution is 2.39. The maximum atomic E-state index is 14.5.